The molecular formula is C11H13O2P. The van der Waals surface area contributed by atoms with E-state index in [1.807, 2.05) is 37.3 Å². The summed E-state index contributed by atoms with van der Waals surface area (Å²) in [4.78, 5) is 0. The Kier molecular flexibility index (Phi) is 2.24. The molecule has 0 aliphatic carbocycles. The molecule has 0 fully saturated rings. The Hall–Kier alpha value is -1.01. The van der Waals surface area contributed by atoms with E-state index in [4.69, 9.17) is 0 Å². The van der Waals surface area contributed by atoms with Crippen LogP contribution in [0.25, 0.3) is 0 Å². The zero-order valence-corrected chi connectivity index (χ0v) is 9.00. The molecule has 0 saturated heterocycles. The van der Waals surface area contributed by atoms with Crippen LogP contribution in [0, 0.1) is 0 Å². The van der Waals surface area contributed by atoms with Crippen molar-refractivity contribution in [1.29, 1.82) is 0 Å². The van der Waals surface area contributed by atoms with Gasteiger partial charge < -0.3 is 9.67 Å². The molecule has 1 aliphatic rings. The van der Waals surface area contributed by atoms with E-state index >= 15 is 0 Å². The Morgan fingerprint density at radius 2 is 1.93 bits per heavy atom. The van der Waals surface area contributed by atoms with Gasteiger partial charge in [-0.3, -0.25) is 0 Å². The summed E-state index contributed by atoms with van der Waals surface area (Å²) in [7, 11) is -2.63. The van der Waals surface area contributed by atoms with Crippen LogP contribution in [0.5, 0.6) is 0 Å². The van der Waals surface area contributed by atoms with Crippen molar-refractivity contribution in [3.05, 3.63) is 41.4 Å². The molecule has 2 rings (SSSR count). The van der Waals surface area contributed by atoms with Crippen molar-refractivity contribution in [3.63, 3.8) is 0 Å². The largest absolute Gasteiger partial charge is 0.504 e. The lowest BCUT2D eigenvalue weighted by Crippen LogP contribution is -2.05. The minimum atomic E-state index is -2.63. The smallest absolute Gasteiger partial charge is 0.176 e. The fourth-order valence-corrected chi connectivity index (χ4v) is 4.52. The SMILES string of the molecule is CC1=C(O)P(=O)(c2ccccc2)CC1. The van der Waals surface area contributed by atoms with Crippen molar-refractivity contribution in [2.24, 2.45) is 0 Å². The molecule has 1 atom stereocenters. The second-order valence-corrected chi connectivity index (χ2v) is 6.52. The van der Waals surface area contributed by atoms with Gasteiger partial charge in [0.2, 0.25) is 0 Å². The molecule has 0 saturated carbocycles. The summed E-state index contributed by atoms with van der Waals surface area (Å²) in [5.74, 6) is 0. The molecule has 0 radical (unpaired) electrons. The second kappa shape index (κ2) is 3.29. The van der Waals surface area contributed by atoms with Crippen molar-refractivity contribution in [2.75, 3.05) is 6.16 Å². The average Bonchev–Trinajstić information content (AvgIpc) is 2.49. The highest BCUT2D eigenvalue weighted by molar-refractivity contribution is 7.75. The summed E-state index contributed by atoms with van der Waals surface area (Å²) in [6, 6.07) is 9.26. The number of rotatable bonds is 1. The van der Waals surface area contributed by atoms with Crippen molar-refractivity contribution in [2.45, 2.75) is 13.3 Å². The first kappa shape index (κ1) is 9.54. The molecule has 0 bridgehead atoms. The minimum Gasteiger partial charge on any atom is -0.504 e. The molecule has 1 aromatic rings. The Bertz CT molecular complexity index is 420. The van der Waals surface area contributed by atoms with Crippen LogP contribution in [0.3, 0.4) is 0 Å². The van der Waals surface area contributed by atoms with Gasteiger partial charge in [0.25, 0.3) is 0 Å². The zero-order chi connectivity index (χ0) is 10.2. The lowest BCUT2D eigenvalue weighted by atomic mass is 10.3. The van der Waals surface area contributed by atoms with Crippen LogP contribution in [0.2, 0.25) is 0 Å². The van der Waals surface area contributed by atoms with Crippen LogP contribution >= 0.6 is 7.14 Å². The number of allylic oxidation sites excluding steroid dienone is 1. The Morgan fingerprint density at radius 3 is 2.43 bits per heavy atom. The van der Waals surface area contributed by atoms with Crippen molar-refractivity contribution in [3.8, 4) is 0 Å². The average molecular weight is 208 g/mol. The van der Waals surface area contributed by atoms with E-state index in [2.05, 4.69) is 0 Å². The van der Waals surface area contributed by atoms with Crippen molar-refractivity contribution in [1.82, 2.24) is 0 Å². The maximum absolute atomic E-state index is 12.4. The molecule has 3 heteroatoms. The summed E-state index contributed by atoms with van der Waals surface area (Å²) in [6.07, 6.45) is 1.33. The first-order valence-electron chi connectivity index (χ1n) is 4.68. The van der Waals surface area contributed by atoms with E-state index in [-0.39, 0.29) is 5.50 Å². The zero-order valence-electron chi connectivity index (χ0n) is 8.10. The van der Waals surface area contributed by atoms with Crippen LogP contribution in [-0.4, -0.2) is 11.3 Å². The minimum absolute atomic E-state index is 0.128. The van der Waals surface area contributed by atoms with Gasteiger partial charge in [-0.25, -0.2) is 0 Å². The first-order valence-corrected chi connectivity index (χ1v) is 6.58. The van der Waals surface area contributed by atoms with Crippen LogP contribution in [0.4, 0.5) is 0 Å². The summed E-state index contributed by atoms with van der Waals surface area (Å²) in [6.45, 7) is 1.85. The molecule has 1 aliphatic heterocycles. The van der Waals surface area contributed by atoms with Gasteiger partial charge in [-0.05, 0) is 18.9 Å². The molecular weight excluding hydrogens is 195 g/mol. The Morgan fingerprint density at radius 1 is 1.29 bits per heavy atom. The lowest BCUT2D eigenvalue weighted by Gasteiger charge is -2.11. The van der Waals surface area contributed by atoms with E-state index < -0.39 is 7.14 Å². The molecule has 0 spiro atoms. The molecule has 1 heterocycles. The van der Waals surface area contributed by atoms with Gasteiger partial charge in [-0.1, -0.05) is 30.3 Å². The molecule has 1 aromatic carbocycles. The first-order chi connectivity index (χ1) is 6.64. The number of hydrogen-bond acceptors (Lipinski definition) is 2. The highest BCUT2D eigenvalue weighted by Gasteiger charge is 2.35. The fourth-order valence-electron chi connectivity index (χ4n) is 1.77. The van der Waals surface area contributed by atoms with Gasteiger partial charge in [0, 0.05) is 11.5 Å². The topological polar surface area (TPSA) is 37.3 Å². The summed E-state index contributed by atoms with van der Waals surface area (Å²) < 4.78 is 12.4. The second-order valence-electron chi connectivity index (χ2n) is 3.65. The highest BCUT2D eigenvalue weighted by atomic mass is 31.2. The molecule has 0 aromatic heterocycles. The van der Waals surface area contributed by atoms with Gasteiger partial charge in [0.15, 0.2) is 12.6 Å². The molecule has 2 nitrogen and oxygen atoms in total. The standard InChI is InChI=1S/C11H13O2P/c1-9-7-8-14(13,11(9)12)10-5-3-2-4-6-10/h2-6,12H,7-8H2,1H3. The third-order valence-corrected chi connectivity index (χ3v) is 5.75. The van der Waals surface area contributed by atoms with E-state index in [0.717, 1.165) is 17.3 Å². The van der Waals surface area contributed by atoms with Crippen LogP contribution in [0.1, 0.15) is 13.3 Å². The summed E-state index contributed by atoms with van der Waals surface area (Å²) in [5, 5.41) is 10.6. The molecule has 1 N–H and O–H groups in total. The van der Waals surface area contributed by atoms with Gasteiger partial charge in [0.1, 0.15) is 0 Å². The normalized spacial score (nSPS) is 26.9. The number of benzene rings is 1. The highest BCUT2D eigenvalue weighted by Crippen LogP contribution is 2.58. The number of hydrogen-bond donors (Lipinski definition) is 1. The molecule has 0 amide bonds. The van der Waals surface area contributed by atoms with E-state index in [9.17, 15) is 9.67 Å². The van der Waals surface area contributed by atoms with Gasteiger partial charge >= 0.3 is 0 Å². The maximum atomic E-state index is 12.4. The summed E-state index contributed by atoms with van der Waals surface area (Å²) in [5.41, 5.74) is 1.00. The lowest BCUT2D eigenvalue weighted by molar-refractivity contribution is 0.438. The van der Waals surface area contributed by atoms with Crippen molar-refractivity contribution >= 4 is 12.4 Å². The fraction of sp³-hybridized carbons (Fsp3) is 0.273. The Balaban J connectivity index is 2.51. The Labute approximate surface area is 83.6 Å². The molecule has 74 valence electrons. The quantitative estimate of drug-likeness (QED) is 0.720. The monoisotopic (exact) mass is 208 g/mol. The maximum Gasteiger partial charge on any atom is 0.176 e. The predicted molar refractivity (Wildman–Crippen MR) is 58.5 cm³/mol. The number of aliphatic hydroxyl groups excluding tert-OH is 1. The van der Waals surface area contributed by atoms with E-state index in [0.29, 0.717) is 6.16 Å². The van der Waals surface area contributed by atoms with Gasteiger partial charge in [0.05, 0.1) is 0 Å². The number of aliphatic hydroxyl groups is 1. The molecule has 14 heavy (non-hydrogen) atoms. The predicted octanol–water partition coefficient (Wildman–Crippen LogP) is 2.87. The van der Waals surface area contributed by atoms with Crippen molar-refractivity contribution < 1.29 is 9.67 Å². The van der Waals surface area contributed by atoms with Gasteiger partial charge in [-0.15, -0.1) is 0 Å². The van der Waals surface area contributed by atoms with Crippen LogP contribution in [0.15, 0.2) is 41.4 Å². The van der Waals surface area contributed by atoms with Gasteiger partial charge in [-0.2, -0.15) is 0 Å². The molecule has 1 unspecified atom stereocenters. The van der Waals surface area contributed by atoms with Crippen LogP contribution in [-0.2, 0) is 4.57 Å². The van der Waals surface area contributed by atoms with Crippen LogP contribution < -0.4 is 5.30 Å². The third-order valence-electron chi connectivity index (χ3n) is 2.70. The summed E-state index contributed by atoms with van der Waals surface area (Å²) >= 11 is 0. The van der Waals surface area contributed by atoms with E-state index in [1.165, 1.54) is 0 Å². The van der Waals surface area contributed by atoms with E-state index in [1.54, 1.807) is 0 Å². The third kappa shape index (κ3) is 1.31.